The van der Waals surface area contributed by atoms with Crippen molar-refractivity contribution in [3.63, 3.8) is 0 Å². The van der Waals surface area contributed by atoms with Crippen LogP contribution in [-0.4, -0.2) is 24.1 Å². The van der Waals surface area contributed by atoms with Crippen LogP contribution in [0.4, 0.5) is 0 Å². The van der Waals surface area contributed by atoms with Crippen molar-refractivity contribution in [3.05, 3.63) is 223 Å². The zero-order valence-corrected chi connectivity index (χ0v) is 36.3. The summed E-state index contributed by atoms with van der Waals surface area (Å²) >= 11 is 0. The number of para-hydroxylation sites is 2. The van der Waals surface area contributed by atoms with Crippen molar-refractivity contribution in [2.75, 3.05) is 0 Å². The first-order chi connectivity index (χ1) is 32.5. The normalized spacial score (nSPS) is 11.5. The standard InChI is InChI=1S/C60H40N6/c1-38-17-9-11-23-45(38)43-29-31-53-49(35-43)47-25-13-15-27-51(47)65(53)55-33-40(37-61)34-56(57(55)60-63-58(41-19-5-3-6-20-41)62-59(64-60)42-21-7-4-8-22-42)66-52-28-16-14-26-48(52)50-36-44(30-32-54(50)66)46-24-12-10-18-39(46)2/h3-36H,1-2H3. The lowest BCUT2D eigenvalue weighted by molar-refractivity contribution is 1.05. The summed E-state index contributed by atoms with van der Waals surface area (Å²) in [5.41, 5.74) is 15.7. The van der Waals surface area contributed by atoms with E-state index < -0.39 is 0 Å². The minimum Gasteiger partial charge on any atom is -0.308 e. The van der Waals surface area contributed by atoms with Gasteiger partial charge in [-0.3, -0.25) is 0 Å². The molecule has 0 aliphatic carbocycles. The summed E-state index contributed by atoms with van der Waals surface area (Å²) in [6, 6.07) is 74.3. The van der Waals surface area contributed by atoms with Crippen molar-refractivity contribution in [2.24, 2.45) is 0 Å². The zero-order valence-electron chi connectivity index (χ0n) is 36.3. The third-order valence-electron chi connectivity index (χ3n) is 12.9. The predicted octanol–water partition coefficient (Wildman–Crippen LogP) is 14.9. The van der Waals surface area contributed by atoms with Crippen LogP contribution in [0.25, 0.3) is 111 Å². The molecule has 0 amide bonds. The molecule has 6 nitrogen and oxygen atoms in total. The molecule has 0 unspecified atom stereocenters. The van der Waals surface area contributed by atoms with Crippen LogP contribution in [0, 0.1) is 25.2 Å². The Kier molecular flexibility index (Phi) is 9.22. The molecule has 0 radical (unpaired) electrons. The van der Waals surface area contributed by atoms with E-state index in [1.165, 1.54) is 22.3 Å². The zero-order chi connectivity index (χ0) is 44.3. The van der Waals surface area contributed by atoms with Crippen molar-refractivity contribution in [1.29, 1.82) is 5.26 Å². The number of aromatic nitrogens is 5. The molecule has 0 N–H and O–H groups in total. The maximum Gasteiger partial charge on any atom is 0.168 e. The van der Waals surface area contributed by atoms with Gasteiger partial charge in [0.05, 0.1) is 50.6 Å². The van der Waals surface area contributed by atoms with Crippen LogP contribution in [0.15, 0.2) is 206 Å². The molecule has 0 spiro atoms. The molecule has 12 aromatic rings. The van der Waals surface area contributed by atoms with Crippen LogP contribution >= 0.6 is 0 Å². The highest BCUT2D eigenvalue weighted by molar-refractivity contribution is 6.13. The van der Waals surface area contributed by atoms with Crippen molar-refractivity contribution >= 4 is 43.6 Å². The Bertz CT molecular complexity index is 3670. The SMILES string of the molecule is Cc1ccccc1-c1ccc2c(c1)c1ccccc1n2-c1cc(C#N)cc(-n2c3ccccc3c3cc(-c4ccccc4C)ccc32)c1-c1nc(-c2ccccc2)nc(-c2ccccc2)n1. The smallest absolute Gasteiger partial charge is 0.168 e. The fraction of sp³-hybridized carbons (Fsp3) is 0.0333. The molecule has 12 rings (SSSR count). The fourth-order valence-electron chi connectivity index (χ4n) is 9.77. The van der Waals surface area contributed by atoms with Crippen molar-refractivity contribution in [2.45, 2.75) is 13.8 Å². The van der Waals surface area contributed by atoms with E-state index in [0.29, 0.717) is 23.0 Å². The summed E-state index contributed by atoms with van der Waals surface area (Å²) in [5, 5.41) is 15.5. The van der Waals surface area contributed by atoms with Gasteiger partial charge in [-0.25, -0.2) is 15.0 Å². The number of aryl methyl sites for hydroxylation is 2. The molecular formula is C60H40N6. The molecular weight excluding hydrogens is 805 g/mol. The van der Waals surface area contributed by atoms with Crippen LogP contribution in [0.3, 0.4) is 0 Å². The minimum atomic E-state index is 0.488. The summed E-state index contributed by atoms with van der Waals surface area (Å²) < 4.78 is 4.59. The van der Waals surface area contributed by atoms with E-state index in [-0.39, 0.29) is 0 Å². The van der Waals surface area contributed by atoms with E-state index in [1.54, 1.807) is 0 Å². The average molecular weight is 845 g/mol. The van der Waals surface area contributed by atoms with E-state index in [1.807, 2.05) is 72.8 Å². The number of rotatable bonds is 7. The third-order valence-corrected chi connectivity index (χ3v) is 12.9. The van der Waals surface area contributed by atoms with Gasteiger partial charge in [0.15, 0.2) is 17.5 Å². The topological polar surface area (TPSA) is 72.3 Å². The molecule has 310 valence electrons. The van der Waals surface area contributed by atoms with Gasteiger partial charge >= 0.3 is 0 Å². The Morgan fingerprint density at radius 2 is 0.758 bits per heavy atom. The highest BCUT2D eigenvalue weighted by Crippen LogP contribution is 2.44. The van der Waals surface area contributed by atoms with Crippen LogP contribution in [-0.2, 0) is 0 Å². The number of nitrogens with zero attached hydrogens (tertiary/aromatic N) is 6. The number of benzene rings is 9. The second kappa shape index (κ2) is 15.7. The highest BCUT2D eigenvalue weighted by Gasteiger charge is 2.26. The second-order valence-electron chi connectivity index (χ2n) is 16.8. The Morgan fingerprint density at radius 3 is 1.21 bits per heavy atom. The molecule has 9 aromatic carbocycles. The number of fused-ring (bicyclic) bond motifs is 6. The average Bonchev–Trinajstić information content (AvgIpc) is 3.88. The molecule has 3 aromatic heterocycles. The van der Waals surface area contributed by atoms with E-state index in [2.05, 4.69) is 163 Å². The molecule has 0 aliphatic heterocycles. The second-order valence-corrected chi connectivity index (χ2v) is 16.8. The van der Waals surface area contributed by atoms with Crippen molar-refractivity contribution in [1.82, 2.24) is 24.1 Å². The lowest BCUT2D eigenvalue weighted by atomic mass is 9.99. The van der Waals surface area contributed by atoms with Gasteiger partial charge in [-0.1, -0.05) is 158 Å². The van der Waals surface area contributed by atoms with Gasteiger partial charge < -0.3 is 9.13 Å². The number of nitriles is 1. The molecule has 6 heteroatoms. The van der Waals surface area contributed by atoms with Crippen molar-refractivity contribution < 1.29 is 0 Å². The van der Waals surface area contributed by atoms with E-state index in [4.69, 9.17) is 15.0 Å². The van der Waals surface area contributed by atoms with Gasteiger partial charge in [0.25, 0.3) is 0 Å². The van der Waals surface area contributed by atoms with Gasteiger partial charge in [0.1, 0.15) is 0 Å². The first kappa shape index (κ1) is 38.7. The Labute approximate surface area is 382 Å². The maximum absolute atomic E-state index is 11.0. The van der Waals surface area contributed by atoms with Crippen LogP contribution in [0.5, 0.6) is 0 Å². The Hall–Kier alpha value is -8.92. The molecule has 0 atom stereocenters. The third kappa shape index (κ3) is 6.37. The summed E-state index contributed by atoms with van der Waals surface area (Å²) in [7, 11) is 0. The molecule has 0 saturated carbocycles. The Balaban J connectivity index is 1.23. The lowest BCUT2D eigenvalue weighted by Crippen LogP contribution is -2.08. The molecule has 0 fully saturated rings. The minimum absolute atomic E-state index is 0.488. The molecule has 0 saturated heterocycles. The summed E-state index contributed by atoms with van der Waals surface area (Å²) in [6.45, 7) is 4.31. The van der Waals surface area contributed by atoms with Gasteiger partial charge in [-0.2, -0.15) is 5.26 Å². The van der Waals surface area contributed by atoms with Crippen LogP contribution in [0.1, 0.15) is 16.7 Å². The monoisotopic (exact) mass is 844 g/mol. The van der Waals surface area contributed by atoms with Gasteiger partial charge in [-0.05, 0) is 95.8 Å². The first-order valence-electron chi connectivity index (χ1n) is 22.2. The summed E-state index contributed by atoms with van der Waals surface area (Å²) in [4.78, 5) is 15.9. The molecule has 3 heterocycles. The van der Waals surface area contributed by atoms with Crippen molar-refractivity contribution in [3.8, 4) is 73.9 Å². The van der Waals surface area contributed by atoms with E-state index >= 15 is 0 Å². The van der Waals surface area contributed by atoms with Gasteiger partial charge in [0, 0.05) is 32.7 Å². The Morgan fingerprint density at radius 1 is 0.364 bits per heavy atom. The maximum atomic E-state index is 11.0. The largest absolute Gasteiger partial charge is 0.308 e. The summed E-state index contributed by atoms with van der Waals surface area (Å²) in [6.07, 6.45) is 0. The number of hydrogen-bond donors (Lipinski definition) is 0. The van der Waals surface area contributed by atoms with Gasteiger partial charge in [-0.15, -0.1) is 0 Å². The van der Waals surface area contributed by atoms with Crippen LogP contribution < -0.4 is 0 Å². The molecule has 66 heavy (non-hydrogen) atoms. The van der Waals surface area contributed by atoms with E-state index in [9.17, 15) is 5.26 Å². The fourth-order valence-corrected chi connectivity index (χ4v) is 9.77. The lowest BCUT2D eigenvalue weighted by Gasteiger charge is -2.20. The van der Waals surface area contributed by atoms with Crippen LogP contribution in [0.2, 0.25) is 0 Å². The summed E-state index contributed by atoms with van der Waals surface area (Å²) in [5.74, 6) is 1.59. The predicted molar refractivity (Wildman–Crippen MR) is 270 cm³/mol. The first-order valence-corrected chi connectivity index (χ1v) is 22.2. The highest BCUT2D eigenvalue weighted by atomic mass is 15.1. The quantitative estimate of drug-likeness (QED) is 0.160. The molecule has 0 aliphatic rings. The molecule has 0 bridgehead atoms. The van der Waals surface area contributed by atoms with Gasteiger partial charge in [0.2, 0.25) is 0 Å². The number of hydrogen-bond acceptors (Lipinski definition) is 4. The van der Waals surface area contributed by atoms with E-state index in [0.717, 1.165) is 82.8 Å².